The van der Waals surface area contributed by atoms with Crippen molar-refractivity contribution in [2.45, 2.75) is 0 Å². The first-order chi connectivity index (χ1) is 0. The summed E-state index contributed by atoms with van der Waals surface area (Å²) in [4.78, 5) is 0. The minimum atomic E-state index is 0. The van der Waals surface area contributed by atoms with Gasteiger partial charge < -0.3 is 16.4 Å². The molecule has 0 fully saturated rings. The van der Waals surface area contributed by atoms with Crippen LogP contribution < -0.4 is 0 Å². The van der Waals surface area contributed by atoms with E-state index >= 15 is 0 Å². The Hall–Kier alpha value is 4.74. The van der Waals surface area contributed by atoms with Crippen LogP contribution in [-0.2, 0) is 81.8 Å². The van der Waals surface area contributed by atoms with Crippen LogP contribution >= 0.6 is 0 Å². The van der Waals surface area contributed by atoms with Gasteiger partial charge in [0.1, 0.15) is 0 Å². The van der Waals surface area contributed by atoms with Gasteiger partial charge in [-0.15, -0.1) is 0 Å². The van der Waals surface area contributed by atoms with Crippen LogP contribution in [0.2, 0.25) is 0 Å². The van der Waals surface area contributed by atoms with Gasteiger partial charge in [0.2, 0.25) is 0 Å². The Morgan fingerprint density at radius 2 is 0.429 bits per heavy atom. The molecule has 0 bridgehead atoms. The molecule has 0 heterocycles. The predicted molar refractivity (Wildman–Crippen MR) is 2.06 cm³/mol. The van der Waals surface area contributed by atoms with Crippen LogP contribution in [0.5, 0.6) is 0 Å². The van der Waals surface area contributed by atoms with Gasteiger partial charge in [-0.05, 0) is 0 Å². The molecule has 0 aliphatic rings. The SMILES string of the molecule is [Gd].[Gd].[O-2].[O-2].[O-2].[Y+3].[Y+3]. The second kappa shape index (κ2) is 45.4. The molecule has 0 aliphatic carbocycles. The van der Waals surface area contributed by atoms with E-state index in [0.717, 1.165) is 0 Å². The molecule has 40 valence electrons. The molecular formula is Gd2O3Y2. The fraction of sp³-hybridized carbons (Fsp3) is 0. The quantitative estimate of drug-likeness (QED) is 0.402. The van der Waals surface area contributed by atoms with Gasteiger partial charge in [0.05, 0.1) is 0 Å². The molecular weight excluding hydrogens is 540 g/mol. The van der Waals surface area contributed by atoms with Crippen molar-refractivity contribution < 1.29 is 162 Å². The van der Waals surface area contributed by atoms with Crippen molar-refractivity contribution >= 4 is 0 Å². The van der Waals surface area contributed by atoms with Crippen molar-refractivity contribution in [1.82, 2.24) is 0 Å². The maximum atomic E-state index is 0. The molecule has 7 heavy (non-hydrogen) atoms. The second-order valence-electron chi connectivity index (χ2n) is 0. The van der Waals surface area contributed by atoms with Crippen molar-refractivity contribution in [1.29, 1.82) is 0 Å². The zero-order valence-corrected chi connectivity index (χ0v) is 13.3. The molecule has 0 amide bonds. The van der Waals surface area contributed by atoms with Crippen molar-refractivity contribution in [3.63, 3.8) is 0 Å². The minimum Gasteiger partial charge on any atom is -2.00 e. The maximum Gasteiger partial charge on any atom is 3.00 e. The predicted octanol–water partition coefficient (Wildman–Crippen LogP) is -0.361. The number of hydrogen-bond acceptors (Lipinski definition) is 0. The van der Waals surface area contributed by atoms with E-state index in [4.69, 9.17) is 0 Å². The Morgan fingerprint density at radius 3 is 0.429 bits per heavy atom. The van der Waals surface area contributed by atoms with E-state index in [1.54, 1.807) is 0 Å². The van der Waals surface area contributed by atoms with Gasteiger partial charge in [-0.1, -0.05) is 0 Å². The summed E-state index contributed by atoms with van der Waals surface area (Å²) in [5, 5.41) is 0. The van der Waals surface area contributed by atoms with Crippen LogP contribution in [0, 0.1) is 79.9 Å². The summed E-state index contributed by atoms with van der Waals surface area (Å²) < 4.78 is 0. The van der Waals surface area contributed by atoms with Gasteiger partial charge in [-0.25, -0.2) is 0 Å². The van der Waals surface area contributed by atoms with Crippen molar-refractivity contribution in [2.24, 2.45) is 0 Å². The fourth-order valence-corrected chi connectivity index (χ4v) is 0. The molecule has 0 aromatic heterocycles. The molecule has 0 N–H and O–H groups in total. The molecule has 7 heteroatoms. The Balaban J connectivity index is 0. The van der Waals surface area contributed by atoms with Gasteiger partial charge in [-0.2, -0.15) is 0 Å². The van der Waals surface area contributed by atoms with E-state index < -0.39 is 0 Å². The molecule has 0 aromatic rings. The fourth-order valence-electron chi connectivity index (χ4n) is 0. The van der Waals surface area contributed by atoms with E-state index in [1.165, 1.54) is 0 Å². The number of rotatable bonds is 0. The molecule has 0 saturated heterocycles. The number of hydrogen-bond donors (Lipinski definition) is 0. The summed E-state index contributed by atoms with van der Waals surface area (Å²) in [5.41, 5.74) is 0. The summed E-state index contributed by atoms with van der Waals surface area (Å²) in [6.45, 7) is 0. The first kappa shape index (κ1) is 60.3. The molecule has 0 aliphatic heterocycles. The summed E-state index contributed by atoms with van der Waals surface area (Å²) in [7, 11) is 0. The smallest absolute Gasteiger partial charge is 2.00 e. The first-order valence-corrected chi connectivity index (χ1v) is 0. The summed E-state index contributed by atoms with van der Waals surface area (Å²) in [6, 6.07) is 0. The Kier molecular flexibility index (Phi) is 391. The molecule has 0 unspecified atom stereocenters. The van der Waals surface area contributed by atoms with Gasteiger partial charge in [-0.3, -0.25) is 0 Å². The maximum absolute atomic E-state index is 0. The standard InChI is InChI=1S/2Gd.3O.2Y/q;;3*-2;2*+3. The van der Waals surface area contributed by atoms with Crippen LogP contribution in [0.1, 0.15) is 0 Å². The van der Waals surface area contributed by atoms with E-state index in [-0.39, 0.29) is 162 Å². The minimum absolute atomic E-state index is 0. The zero-order chi connectivity index (χ0) is 0. The molecule has 0 saturated carbocycles. The van der Waals surface area contributed by atoms with Crippen LogP contribution in [0.15, 0.2) is 0 Å². The average Bonchev–Trinajstić information content (AvgIpc) is 0. The van der Waals surface area contributed by atoms with E-state index in [1.807, 2.05) is 0 Å². The van der Waals surface area contributed by atoms with Crippen molar-refractivity contribution in [3.05, 3.63) is 0 Å². The van der Waals surface area contributed by atoms with Crippen LogP contribution in [0.3, 0.4) is 0 Å². The normalized spacial score (nSPS) is 0. The Bertz CT molecular complexity index is 10.9. The molecule has 3 nitrogen and oxygen atoms in total. The van der Waals surface area contributed by atoms with Gasteiger partial charge in [0.15, 0.2) is 0 Å². The monoisotopic (exact) mass is 542 g/mol. The average molecular weight is 540 g/mol. The third kappa shape index (κ3) is 36.5. The van der Waals surface area contributed by atoms with Gasteiger partial charge in [0.25, 0.3) is 0 Å². The van der Waals surface area contributed by atoms with Crippen LogP contribution in [0.25, 0.3) is 0 Å². The molecule has 0 spiro atoms. The van der Waals surface area contributed by atoms with E-state index in [9.17, 15) is 0 Å². The molecule has 0 atom stereocenters. The summed E-state index contributed by atoms with van der Waals surface area (Å²) in [5.74, 6) is 0. The van der Waals surface area contributed by atoms with Crippen molar-refractivity contribution in [2.75, 3.05) is 0 Å². The largest absolute Gasteiger partial charge is 3.00 e. The molecule has 0 rings (SSSR count). The van der Waals surface area contributed by atoms with E-state index in [0.29, 0.717) is 0 Å². The van der Waals surface area contributed by atoms with Crippen molar-refractivity contribution in [3.8, 4) is 0 Å². The topological polar surface area (TPSA) is 85.5 Å². The van der Waals surface area contributed by atoms with Crippen LogP contribution in [-0.4, -0.2) is 0 Å². The van der Waals surface area contributed by atoms with Gasteiger partial charge >= 0.3 is 65.4 Å². The summed E-state index contributed by atoms with van der Waals surface area (Å²) >= 11 is 0. The van der Waals surface area contributed by atoms with Crippen LogP contribution in [0.4, 0.5) is 0 Å². The third-order valence-corrected chi connectivity index (χ3v) is 0. The summed E-state index contributed by atoms with van der Waals surface area (Å²) in [6.07, 6.45) is 0. The second-order valence-corrected chi connectivity index (χ2v) is 0. The van der Waals surface area contributed by atoms with Gasteiger partial charge in [0, 0.05) is 79.9 Å². The first-order valence-electron chi connectivity index (χ1n) is 0. The molecule has 0 aromatic carbocycles. The third-order valence-electron chi connectivity index (χ3n) is 0. The van der Waals surface area contributed by atoms with E-state index in [2.05, 4.69) is 0 Å². The molecule has 0 radical (unpaired) electrons. The zero-order valence-electron chi connectivity index (χ0n) is 3.09. The Labute approximate surface area is 157 Å². The Morgan fingerprint density at radius 1 is 0.429 bits per heavy atom.